The Morgan fingerprint density at radius 1 is 1.33 bits per heavy atom. The van der Waals surface area contributed by atoms with Gasteiger partial charge in [-0.1, -0.05) is 32.9 Å². The maximum Gasteiger partial charge on any atom is 0.524 e. The Kier molecular flexibility index (Phi) is 2.89. The number of carbonyl (C=O) groups excluding carboxylic acids is 1. The summed E-state index contributed by atoms with van der Waals surface area (Å²) in [6, 6.07) is 4.70. The van der Waals surface area contributed by atoms with Crippen LogP contribution in [0.2, 0.25) is 0 Å². The summed E-state index contributed by atoms with van der Waals surface area (Å²) in [6.45, 7) is 5.50. The highest BCUT2D eigenvalue weighted by molar-refractivity contribution is 7.46. The molecule has 5 nitrogen and oxygen atoms in total. The zero-order valence-electron chi connectivity index (χ0n) is 10.4. The molecular weight excluding hydrogens is 255 g/mol. The predicted molar refractivity (Wildman–Crippen MR) is 65.6 cm³/mol. The molecule has 0 fully saturated rings. The Morgan fingerprint density at radius 3 is 2.50 bits per heavy atom. The first-order valence-corrected chi connectivity index (χ1v) is 7.10. The second kappa shape index (κ2) is 3.92. The van der Waals surface area contributed by atoms with Crippen LogP contribution in [0, 0.1) is 5.41 Å². The van der Waals surface area contributed by atoms with E-state index in [0.717, 1.165) is 0 Å². The summed E-state index contributed by atoms with van der Waals surface area (Å²) in [4.78, 5) is 30.0. The van der Waals surface area contributed by atoms with Crippen LogP contribution < -0.4 is 4.52 Å². The highest BCUT2D eigenvalue weighted by Gasteiger charge is 2.45. The lowest BCUT2D eigenvalue weighted by atomic mass is 9.80. The molecular formula is C12H15O5P. The van der Waals surface area contributed by atoms with Gasteiger partial charge >= 0.3 is 7.82 Å². The molecule has 0 spiro atoms. The number of fused-ring (bicyclic) bond motifs is 1. The van der Waals surface area contributed by atoms with Gasteiger partial charge < -0.3 is 4.52 Å². The third kappa shape index (κ3) is 1.99. The van der Waals surface area contributed by atoms with Crippen molar-refractivity contribution in [2.45, 2.75) is 26.7 Å². The number of benzene rings is 1. The zero-order valence-corrected chi connectivity index (χ0v) is 11.3. The van der Waals surface area contributed by atoms with Gasteiger partial charge in [0.05, 0.1) is 0 Å². The van der Waals surface area contributed by atoms with Crippen LogP contribution in [0.3, 0.4) is 0 Å². The number of hydrogen-bond donors (Lipinski definition) is 2. The quantitative estimate of drug-likeness (QED) is 0.806. The second-order valence-corrected chi connectivity index (χ2v) is 6.24. The number of phosphoric ester groups is 1. The van der Waals surface area contributed by atoms with E-state index >= 15 is 0 Å². The van der Waals surface area contributed by atoms with E-state index in [1.807, 2.05) is 20.8 Å². The molecule has 0 heterocycles. The summed E-state index contributed by atoms with van der Waals surface area (Å²) >= 11 is 0. The second-order valence-electron chi connectivity index (χ2n) is 5.07. The third-order valence-electron chi connectivity index (χ3n) is 3.63. The van der Waals surface area contributed by atoms with Crippen molar-refractivity contribution in [3.63, 3.8) is 0 Å². The van der Waals surface area contributed by atoms with Crippen LogP contribution in [-0.2, 0) is 4.57 Å². The first-order chi connectivity index (χ1) is 8.14. The molecule has 1 aromatic carbocycles. The highest BCUT2D eigenvalue weighted by Crippen LogP contribution is 2.52. The molecule has 1 unspecified atom stereocenters. The summed E-state index contributed by atoms with van der Waals surface area (Å²) in [5.41, 5.74) is 0.478. The van der Waals surface area contributed by atoms with E-state index in [4.69, 9.17) is 9.79 Å². The van der Waals surface area contributed by atoms with Crippen molar-refractivity contribution in [1.82, 2.24) is 0 Å². The lowest BCUT2D eigenvalue weighted by Crippen LogP contribution is -2.22. The van der Waals surface area contributed by atoms with Gasteiger partial charge in [-0.05, 0) is 12.0 Å². The van der Waals surface area contributed by atoms with Crippen molar-refractivity contribution < 1.29 is 23.7 Å². The average molecular weight is 270 g/mol. The fourth-order valence-electron chi connectivity index (χ4n) is 2.30. The van der Waals surface area contributed by atoms with Gasteiger partial charge in [0.1, 0.15) is 5.75 Å². The summed E-state index contributed by atoms with van der Waals surface area (Å²) in [5.74, 6) is -0.0869. The first-order valence-electron chi connectivity index (χ1n) is 5.57. The van der Waals surface area contributed by atoms with Crippen molar-refractivity contribution in [2.24, 2.45) is 5.41 Å². The SMILES string of the molecule is CC1c2c(OP(=O)(O)O)cccc2C(=O)C1(C)C. The van der Waals surface area contributed by atoms with E-state index in [9.17, 15) is 9.36 Å². The van der Waals surface area contributed by atoms with Gasteiger partial charge in [-0.2, -0.15) is 0 Å². The van der Waals surface area contributed by atoms with E-state index in [2.05, 4.69) is 4.52 Å². The predicted octanol–water partition coefficient (Wildman–Crippen LogP) is 2.48. The summed E-state index contributed by atoms with van der Waals surface area (Å²) in [6.07, 6.45) is 0. The summed E-state index contributed by atoms with van der Waals surface area (Å²) in [7, 11) is -4.62. The molecule has 0 radical (unpaired) electrons. The van der Waals surface area contributed by atoms with E-state index in [1.54, 1.807) is 12.1 Å². The van der Waals surface area contributed by atoms with E-state index < -0.39 is 13.2 Å². The van der Waals surface area contributed by atoms with Crippen LogP contribution in [0.25, 0.3) is 0 Å². The van der Waals surface area contributed by atoms with Crippen LogP contribution in [0.1, 0.15) is 42.6 Å². The van der Waals surface area contributed by atoms with Gasteiger partial charge in [-0.15, -0.1) is 0 Å². The number of Topliss-reactive ketones (excluding diaryl/α,β-unsaturated/α-hetero) is 1. The van der Waals surface area contributed by atoms with Crippen molar-refractivity contribution in [3.8, 4) is 5.75 Å². The summed E-state index contributed by atoms with van der Waals surface area (Å²) in [5, 5.41) is 0. The average Bonchev–Trinajstić information content (AvgIpc) is 2.40. The molecule has 1 aliphatic carbocycles. The minimum Gasteiger partial charge on any atom is -0.404 e. The lowest BCUT2D eigenvalue weighted by molar-refractivity contribution is 0.0841. The lowest BCUT2D eigenvalue weighted by Gasteiger charge is -2.22. The fourth-order valence-corrected chi connectivity index (χ4v) is 2.72. The number of rotatable bonds is 2. The maximum absolute atomic E-state index is 12.2. The molecule has 0 amide bonds. The molecule has 1 aromatic rings. The Bertz CT molecular complexity index is 558. The van der Waals surface area contributed by atoms with Crippen LogP contribution >= 0.6 is 7.82 Å². The molecule has 1 aliphatic rings. The van der Waals surface area contributed by atoms with Gasteiger partial charge in [0.25, 0.3) is 0 Å². The van der Waals surface area contributed by atoms with Crippen LogP contribution in [0.4, 0.5) is 0 Å². The molecule has 0 bridgehead atoms. The van der Waals surface area contributed by atoms with Crippen molar-refractivity contribution in [2.75, 3.05) is 0 Å². The Hall–Kier alpha value is -1.16. The molecule has 98 valence electrons. The van der Waals surface area contributed by atoms with Crippen LogP contribution in [0.5, 0.6) is 5.75 Å². The molecule has 18 heavy (non-hydrogen) atoms. The fraction of sp³-hybridized carbons (Fsp3) is 0.417. The molecule has 0 saturated carbocycles. The minimum atomic E-state index is -4.62. The smallest absolute Gasteiger partial charge is 0.404 e. The minimum absolute atomic E-state index is 0.0267. The van der Waals surface area contributed by atoms with Gasteiger partial charge in [-0.3, -0.25) is 14.6 Å². The molecule has 0 saturated heterocycles. The van der Waals surface area contributed by atoms with Crippen molar-refractivity contribution in [1.29, 1.82) is 0 Å². The van der Waals surface area contributed by atoms with E-state index in [0.29, 0.717) is 11.1 Å². The monoisotopic (exact) mass is 270 g/mol. The van der Waals surface area contributed by atoms with Gasteiger partial charge in [0.15, 0.2) is 5.78 Å². The van der Waals surface area contributed by atoms with Gasteiger partial charge in [0.2, 0.25) is 0 Å². The molecule has 0 aliphatic heterocycles. The maximum atomic E-state index is 12.2. The van der Waals surface area contributed by atoms with Crippen molar-refractivity contribution >= 4 is 13.6 Å². The molecule has 0 aromatic heterocycles. The molecule has 2 N–H and O–H groups in total. The third-order valence-corrected chi connectivity index (χ3v) is 4.06. The van der Waals surface area contributed by atoms with E-state index in [1.165, 1.54) is 6.07 Å². The largest absolute Gasteiger partial charge is 0.524 e. The van der Waals surface area contributed by atoms with Gasteiger partial charge in [0, 0.05) is 16.5 Å². The number of ketones is 1. The summed E-state index contributed by atoms with van der Waals surface area (Å²) < 4.78 is 15.6. The number of carbonyl (C=O) groups is 1. The molecule has 1 atom stereocenters. The van der Waals surface area contributed by atoms with Crippen LogP contribution in [0.15, 0.2) is 18.2 Å². The number of phosphoric acid groups is 1. The van der Waals surface area contributed by atoms with E-state index in [-0.39, 0.29) is 17.5 Å². The normalized spacial score (nSPS) is 21.8. The first kappa shape index (κ1) is 13.3. The topological polar surface area (TPSA) is 83.8 Å². The Labute approximate surface area is 105 Å². The standard InChI is InChI=1S/C12H15O5P/c1-7-10-8(11(13)12(7,2)3)5-4-6-9(10)17-18(14,15)16/h4-7H,1-3H3,(H2,14,15,16). The highest BCUT2D eigenvalue weighted by atomic mass is 31.2. The molecule has 2 rings (SSSR count). The van der Waals surface area contributed by atoms with Gasteiger partial charge in [-0.25, -0.2) is 4.57 Å². The van der Waals surface area contributed by atoms with Crippen molar-refractivity contribution in [3.05, 3.63) is 29.3 Å². The Balaban J connectivity index is 2.58. The molecule has 6 heteroatoms. The van der Waals surface area contributed by atoms with Crippen LogP contribution in [-0.4, -0.2) is 15.6 Å². The zero-order chi connectivity index (χ0) is 13.7. The Morgan fingerprint density at radius 2 is 1.94 bits per heavy atom. The number of hydrogen-bond acceptors (Lipinski definition) is 3.